The highest BCUT2D eigenvalue weighted by atomic mass is 32.2. The zero-order valence-electron chi connectivity index (χ0n) is 19.5. The van der Waals surface area contributed by atoms with E-state index in [4.69, 9.17) is 0 Å². The molecule has 0 aromatic carbocycles. The molecule has 0 aliphatic carbocycles. The number of carbonyl (C=O) groups is 3. The normalized spacial score (nSPS) is 33.5. The Kier molecular flexibility index (Phi) is 7.62. The Morgan fingerprint density at radius 3 is 2.52 bits per heavy atom. The van der Waals surface area contributed by atoms with Crippen molar-refractivity contribution in [3.05, 3.63) is 0 Å². The number of rotatable bonds is 10. The number of hydrogen-bond donors (Lipinski definition) is 3. The number of amides is 3. The Labute approximate surface area is 190 Å². The second kappa shape index (κ2) is 9.69. The van der Waals surface area contributed by atoms with Crippen LogP contribution in [0.3, 0.4) is 0 Å². The van der Waals surface area contributed by atoms with Crippen molar-refractivity contribution < 1.29 is 19.5 Å². The quantitative estimate of drug-likeness (QED) is 0.469. The number of likely N-dealkylation sites (tertiary alicyclic amines) is 1. The molecule has 7 nitrogen and oxygen atoms in total. The standard InChI is InChI=1S/C23H39N3O4S/c1-6-8-14(5)25-21(29)19-23-10-9-16(31-23)17(20(28)24-11-7-2)18(23)22(30)26(19)15(12-27)13(3)4/h13-19,27H,6-12H2,1-5H3,(H,24,28)(H,25,29)/t14?,15-,16+,17-,18-,19?,23?/m0/s1. The maximum Gasteiger partial charge on any atom is 0.244 e. The lowest BCUT2D eigenvalue weighted by Crippen LogP contribution is -2.58. The molecule has 8 heteroatoms. The van der Waals surface area contributed by atoms with E-state index in [2.05, 4.69) is 17.6 Å². The fourth-order valence-corrected chi connectivity index (χ4v) is 8.07. The Morgan fingerprint density at radius 2 is 1.94 bits per heavy atom. The van der Waals surface area contributed by atoms with E-state index < -0.39 is 28.7 Å². The first-order valence-electron chi connectivity index (χ1n) is 11.9. The molecule has 3 N–H and O–H groups in total. The molecule has 3 saturated heterocycles. The second-order valence-electron chi connectivity index (χ2n) is 9.78. The molecule has 7 atom stereocenters. The molecule has 3 aliphatic heterocycles. The lowest BCUT2D eigenvalue weighted by atomic mass is 9.70. The third-order valence-electron chi connectivity index (χ3n) is 7.26. The highest BCUT2D eigenvalue weighted by molar-refractivity contribution is 8.02. The molecule has 3 heterocycles. The van der Waals surface area contributed by atoms with Crippen molar-refractivity contribution in [3.8, 4) is 0 Å². The minimum absolute atomic E-state index is 0.00195. The van der Waals surface area contributed by atoms with Gasteiger partial charge in [-0.2, -0.15) is 0 Å². The van der Waals surface area contributed by atoms with Gasteiger partial charge in [0.1, 0.15) is 6.04 Å². The zero-order valence-corrected chi connectivity index (χ0v) is 20.3. The Balaban J connectivity index is 1.99. The highest BCUT2D eigenvalue weighted by Gasteiger charge is 2.74. The van der Waals surface area contributed by atoms with Gasteiger partial charge in [0.05, 0.1) is 29.2 Å². The van der Waals surface area contributed by atoms with Gasteiger partial charge in [-0.25, -0.2) is 0 Å². The van der Waals surface area contributed by atoms with E-state index in [0.29, 0.717) is 6.54 Å². The van der Waals surface area contributed by atoms with E-state index in [-0.39, 0.29) is 41.5 Å². The average Bonchev–Trinajstić information content (AvgIpc) is 3.34. The summed E-state index contributed by atoms with van der Waals surface area (Å²) < 4.78 is -0.589. The molecule has 176 valence electrons. The fraction of sp³-hybridized carbons (Fsp3) is 0.870. The van der Waals surface area contributed by atoms with E-state index in [0.717, 1.165) is 32.1 Å². The molecule has 2 bridgehead atoms. The maximum absolute atomic E-state index is 13.8. The summed E-state index contributed by atoms with van der Waals surface area (Å²) in [6.07, 6.45) is 4.26. The molecule has 3 fully saturated rings. The number of hydrogen-bond acceptors (Lipinski definition) is 5. The number of carbonyl (C=O) groups excluding carboxylic acids is 3. The maximum atomic E-state index is 13.8. The summed E-state index contributed by atoms with van der Waals surface area (Å²) in [7, 11) is 0. The first-order chi connectivity index (χ1) is 14.7. The summed E-state index contributed by atoms with van der Waals surface area (Å²) in [5, 5.41) is 16.3. The average molecular weight is 454 g/mol. The summed E-state index contributed by atoms with van der Waals surface area (Å²) in [5.41, 5.74) is 0. The Bertz CT molecular complexity index is 702. The van der Waals surface area contributed by atoms with Crippen molar-refractivity contribution in [2.24, 2.45) is 17.8 Å². The summed E-state index contributed by atoms with van der Waals surface area (Å²) in [6, 6.07) is -1.07. The molecule has 3 aliphatic rings. The molecule has 0 saturated carbocycles. The van der Waals surface area contributed by atoms with Gasteiger partial charge in [0.15, 0.2) is 0 Å². The molecule has 1 spiro atoms. The molecular formula is C23H39N3O4S. The Hall–Kier alpha value is -1.28. The smallest absolute Gasteiger partial charge is 0.244 e. The number of nitrogens with one attached hydrogen (secondary N) is 2. The van der Waals surface area contributed by atoms with Crippen molar-refractivity contribution in [1.82, 2.24) is 15.5 Å². The number of nitrogens with zero attached hydrogens (tertiary/aromatic N) is 1. The van der Waals surface area contributed by atoms with Gasteiger partial charge in [-0.05, 0) is 38.5 Å². The lowest BCUT2D eigenvalue weighted by molar-refractivity contribution is -0.143. The predicted molar refractivity (Wildman–Crippen MR) is 122 cm³/mol. The van der Waals surface area contributed by atoms with Crippen molar-refractivity contribution in [3.63, 3.8) is 0 Å². The van der Waals surface area contributed by atoms with Crippen LogP contribution in [0.25, 0.3) is 0 Å². The summed E-state index contributed by atoms with van der Waals surface area (Å²) in [4.78, 5) is 42.1. The number of fused-ring (bicyclic) bond motifs is 1. The van der Waals surface area contributed by atoms with Crippen LogP contribution in [-0.4, -0.2) is 69.0 Å². The van der Waals surface area contributed by atoms with Crippen LogP contribution in [-0.2, 0) is 14.4 Å². The first kappa shape index (κ1) is 24.4. The van der Waals surface area contributed by atoms with Gasteiger partial charge >= 0.3 is 0 Å². The predicted octanol–water partition coefficient (Wildman–Crippen LogP) is 1.93. The van der Waals surface area contributed by atoms with E-state index in [9.17, 15) is 19.5 Å². The van der Waals surface area contributed by atoms with Crippen molar-refractivity contribution >= 4 is 29.5 Å². The molecular weight excluding hydrogens is 414 g/mol. The van der Waals surface area contributed by atoms with Crippen LogP contribution >= 0.6 is 11.8 Å². The van der Waals surface area contributed by atoms with Crippen LogP contribution in [0, 0.1) is 17.8 Å². The molecule has 3 unspecified atom stereocenters. The lowest BCUT2D eigenvalue weighted by Gasteiger charge is -2.39. The Morgan fingerprint density at radius 1 is 1.23 bits per heavy atom. The third kappa shape index (κ3) is 4.10. The SMILES string of the molecule is CCCNC(=O)[C@@H]1[C@H]2C(=O)N([C@@H](CO)C(C)C)C(C(=O)NC(C)CCC)C23CC[C@H]1S3. The monoisotopic (exact) mass is 453 g/mol. The summed E-state index contributed by atoms with van der Waals surface area (Å²) in [5.74, 6) is -1.25. The summed E-state index contributed by atoms with van der Waals surface area (Å²) >= 11 is 1.68. The van der Waals surface area contributed by atoms with E-state index in [1.54, 1.807) is 16.7 Å². The van der Waals surface area contributed by atoms with Gasteiger partial charge < -0.3 is 20.6 Å². The molecule has 0 aromatic rings. The van der Waals surface area contributed by atoms with Gasteiger partial charge in [-0.15, -0.1) is 11.8 Å². The summed E-state index contributed by atoms with van der Waals surface area (Å²) in [6.45, 7) is 10.4. The van der Waals surface area contributed by atoms with Crippen LogP contribution in [0.1, 0.15) is 66.7 Å². The van der Waals surface area contributed by atoms with E-state index >= 15 is 0 Å². The van der Waals surface area contributed by atoms with Crippen LogP contribution in [0.2, 0.25) is 0 Å². The zero-order chi connectivity index (χ0) is 22.9. The molecule has 0 radical (unpaired) electrons. The molecule has 31 heavy (non-hydrogen) atoms. The van der Waals surface area contributed by atoms with Gasteiger partial charge in [-0.1, -0.05) is 34.1 Å². The first-order valence-corrected chi connectivity index (χ1v) is 12.8. The molecule has 3 rings (SSSR count). The van der Waals surface area contributed by atoms with E-state index in [1.807, 2.05) is 27.7 Å². The van der Waals surface area contributed by atoms with Gasteiger partial charge in [0, 0.05) is 17.8 Å². The van der Waals surface area contributed by atoms with Gasteiger partial charge in [0.25, 0.3) is 0 Å². The van der Waals surface area contributed by atoms with Crippen LogP contribution in [0.5, 0.6) is 0 Å². The third-order valence-corrected chi connectivity index (χ3v) is 9.21. The van der Waals surface area contributed by atoms with Gasteiger partial charge in [0.2, 0.25) is 17.7 Å². The number of aliphatic hydroxyl groups excluding tert-OH is 1. The second-order valence-corrected chi connectivity index (χ2v) is 11.4. The van der Waals surface area contributed by atoms with Crippen LogP contribution in [0.15, 0.2) is 0 Å². The molecule has 3 amide bonds. The van der Waals surface area contributed by atoms with Gasteiger partial charge in [-0.3, -0.25) is 14.4 Å². The number of aliphatic hydroxyl groups is 1. The van der Waals surface area contributed by atoms with Crippen LogP contribution < -0.4 is 10.6 Å². The van der Waals surface area contributed by atoms with Crippen molar-refractivity contribution in [2.75, 3.05) is 13.2 Å². The minimum atomic E-state index is -0.650. The van der Waals surface area contributed by atoms with Crippen molar-refractivity contribution in [2.45, 2.75) is 94.8 Å². The molecule has 0 aromatic heterocycles. The van der Waals surface area contributed by atoms with E-state index in [1.165, 1.54) is 0 Å². The number of thioether (sulfide) groups is 1. The fourth-order valence-electron chi connectivity index (χ4n) is 5.86. The van der Waals surface area contributed by atoms with Crippen LogP contribution in [0.4, 0.5) is 0 Å². The van der Waals surface area contributed by atoms with Crippen molar-refractivity contribution in [1.29, 1.82) is 0 Å². The highest BCUT2D eigenvalue weighted by Crippen LogP contribution is 2.66. The minimum Gasteiger partial charge on any atom is -0.394 e. The topological polar surface area (TPSA) is 98.7 Å². The largest absolute Gasteiger partial charge is 0.394 e.